The van der Waals surface area contributed by atoms with Crippen molar-refractivity contribution >= 4 is 5.91 Å². The topological polar surface area (TPSA) is 69.5 Å². The number of aromatic nitrogens is 3. The number of nitrogens with zero attached hydrogens (tertiary/aromatic N) is 4. The number of rotatable bonds is 6. The van der Waals surface area contributed by atoms with Gasteiger partial charge in [0.2, 0.25) is 0 Å². The summed E-state index contributed by atoms with van der Waals surface area (Å²) < 4.78 is 12.9. The lowest BCUT2D eigenvalue weighted by Crippen LogP contribution is -2.40. The van der Waals surface area contributed by atoms with E-state index in [9.17, 15) is 4.79 Å². The fraction of sp³-hybridized carbons (Fsp3) is 0.222. The monoisotopic (exact) mass is 454 g/mol. The van der Waals surface area contributed by atoms with Gasteiger partial charge in [-0.15, -0.1) is 0 Å². The molecule has 2 heterocycles. The summed E-state index contributed by atoms with van der Waals surface area (Å²) in [5, 5.41) is 4.14. The van der Waals surface area contributed by atoms with Crippen molar-refractivity contribution in [3.63, 3.8) is 0 Å². The first-order chi connectivity index (χ1) is 16.7. The summed E-state index contributed by atoms with van der Waals surface area (Å²) in [5.41, 5.74) is 5.01. The fourth-order valence-corrected chi connectivity index (χ4v) is 4.58. The molecule has 34 heavy (non-hydrogen) atoms. The molecule has 4 aromatic rings. The maximum absolute atomic E-state index is 13.7. The van der Waals surface area contributed by atoms with Gasteiger partial charge >= 0.3 is 0 Å². The van der Waals surface area contributed by atoms with E-state index in [0.717, 1.165) is 23.1 Å². The van der Waals surface area contributed by atoms with Crippen LogP contribution in [0, 0.1) is 0 Å². The lowest BCUT2D eigenvalue weighted by molar-refractivity contribution is 0.0694. The van der Waals surface area contributed by atoms with Crippen molar-refractivity contribution in [1.29, 1.82) is 0 Å². The lowest BCUT2D eigenvalue weighted by Gasteiger charge is -2.38. The van der Waals surface area contributed by atoms with E-state index in [-0.39, 0.29) is 11.9 Å². The molecule has 1 aliphatic heterocycles. The van der Waals surface area contributed by atoms with E-state index in [4.69, 9.17) is 9.47 Å². The molecule has 7 nitrogen and oxygen atoms in total. The van der Waals surface area contributed by atoms with Gasteiger partial charge in [0.25, 0.3) is 5.91 Å². The number of ether oxygens (including phenoxy) is 2. The molecule has 5 rings (SSSR count). The van der Waals surface area contributed by atoms with Crippen molar-refractivity contribution in [2.75, 3.05) is 20.8 Å². The molecule has 0 aliphatic carbocycles. The molecule has 1 aliphatic rings. The molecule has 1 unspecified atom stereocenters. The van der Waals surface area contributed by atoms with Gasteiger partial charge in [-0.2, -0.15) is 5.10 Å². The minimum Gasteiger partial charge on any atom is -0.493 e. The zero-order valence-corrected chi connectivity index (χ0v) is 19.2. The van der Waals surface area contributed by atoms with Crippen LogP contribution in [0.5, 0.6) is 11.5 Å². The highest BCUT2D eigenvalue weighted by molar-refractivity contribution is 5.95. The third-order valence-electron chi connectivity index (χ3n) is 6.26. The summed E-state index contributed by atoms with van der Waals surface area (Å²) in [6, 6.07) is 21.7. The van der Waals surface area contributed by atoms with Gasteiger partial charge in [0, 0.05) is 12.1 Å². The Balaban J connectivity index is 1.50. The summed E-state index contributed by atoms with van der Waals surface area (Å²) in [7, 11) is 3.28. The third-order valence-corrected chi connectivity index (χ3v) is 6.26. The molecule has 1 aromatic heterocycles. The Morgan fingerprint density at radius 1 is 1.00 bits per heavy atom. The largest absolute Gasteiger partial charge is 0.493 e. The molecule has 0 saturated carbocycles. The summed E-state index contributed by atoms with van der Waals surface area (Å²) in [6.45, 7) is 1.22. The number of fused-ring (bicyclic) bond motifs is 1. The Bertz CT molecular complexity index is 1270. The molecule has 1 amide bonds. The number of hydrogen-bond donors (Lipinski definition) is 0. The van der Waals surface area contributed by atoms with Crippen molar-refractivity contribution in [2.45, 2.75) is 19.0 Å². The van der Waals surface area contributed by atoms with Crippen molar-refractivity contribution in [3.05, 3.63) is 107 Å². The van der Waals surface area contributed by atoms with Gasteiger partial charge < -0.3 is 14.4 Å². The van der Waals surface area contributed by atoms with E-state index in [1.54, 1.807) is 25.2 Å². The Morgan fingerprint density at radius 2 is 1.74 bits per heavy atom. The molecular weight excluding hydrogens is 428 g/mol. The molecule has 0 bridgehead atoms. The van der Waals surface area contributed by atoms with Gasteiger partial charge in [0.05, 0.1) is 26.8 Å². The normalized spacial score (nSPS) is 15.0. The van der Waals surface area contributed by atoms with Crippen LogP contribution in [0.15, 0.2) is 79.4 Å². The summed E-state index contributed by atoms with van der Waals surface area (Å²) >= 11 is 0. The van der Waals surface area contributed by atoms with Gasteiger partial charge in [-0.1, -0.05) is 42.5 Å². The van der Waals surface area contributed by atoms with Gasteiger partial charge in [-0.3, -0.25) is 4.79 Å². The average molecular weight is 455 g/mol. The number of benzene rings is 3. The molecule has 0 saturated heterocycles. The van der Waals surface area contributed by atoms with Crippen LogP contribution >= 0.6 is 0 Å². The predicted molar refractivity (Wildman–Crippen MR) is 128 cm³/mol. The lowest BCUT2D eigenvalue weighted by atomic mass is 9.87. The number of carbonyl (C=O) groups excluding carboxylic acids is 1. The highest BCUT2D eigenvalue weighted by Crippen LogP contribution is 2.41. The van der Waals surface area contributed by atoms with Crippen LogP contribution in [0.1, 0.15) is 38.7 Å². The van der Waals surface area contributed by atoms with E-state index in [1.165, 1.54) is 11.9 Å². The van der Waals surface area contributed by atoms with Crippen molar-refractivity contribution < 1.29 is 14.3 Å². The predicted octanol–water partition coefficient (Wildman–Crippen LogP) is 4.13. The van der Waals surface area contributed by atoms with Gasteiger partial charge in [0.1, 0.15) is 12.7 Å². The van der Waals surface area contributed by atoms with Gasteiger partial charge in [-0.05, 0) is 52.9 Å². The minimum atomic E-state index is -0.216. The zero-order valence-electron chi connectivity index (χ0n) is 19.2. The Kier molecular flexibility index (Phi) is 5.99. The summed E-state index contributed by atoms with van der Waals surface area (Å²) in [6.07, 6.45) is 3.94. The van der Waals surface area contributed by atoms with Crippen LogP contribution in [0.2, 0.25) is 0 Å². The number of methoxy groups -OCH3 is 2. The molecule has 0 N–H and O–H groups in total. The standard InChI is InChI=1S/C27H26N4O3/c1-33-24-14-22-12-13-31(26(20-6-4-3-5-7-20)23(22)15-25(24)34-2)27(32)21-10-8-19(9-11-21)16-30-18-28-17-29-30/h3-11,14-15,17-18,26H,12-13,16H2,1-2H3. The Morgan fingerprint density at radius 3 is 2.41 bits per heavy atom. The Labute approximate surface area is 198 Å². The molecule has 0 radical (unpaired) electrons. The zero-order chi connectivity index (χ0) is 23.5. The molecule has 0 spiro atoms. The maximum atomic E-state index is 13.7. The highest BCUT2D eigenvalue weighted by Gasteiger charge is 2.33. The summed E-state index contributed by atoms with van der Waals surface area (Å²) in [5.74, 6) is 1.37. The molecular formula is C27H26N4O3. The van der Waals surface area contributed by atoms with Crippen LogP contribution in [0.25, 0.3) is 0 Å². The Hall–Kier alpha value is -4.13. The van der Waals surface area contributed by atoms with Crippen LogP contribution in [0.4, 0.5) is 0 Å². The molecule has 1 atom stereocenters. The molecule has 172 valence electrons. The second kappa shape index (κ2) is 9.39. The van der Waals surface area contributed by atoms with Crippen LogP contribution < -0.4 is 9.47 Å². The SMILES string of the molecule is COc1cc2c(cc1OC)C(c1ccccc1)N(C(=O)c1ccc(Cn3cncn3)cc1)CC2. The average Bonchev–Trinajstić information content (AvgIpc) is 3.40. The first-order valence-corrected chi connectivity index (χ1v) is 11.2. The summed E-state index contributed by atoms with van der Waals surface area (Å²) in [4.78, 5) is 19.7. The first kappa shape index (κ1) is 21.7. The molecule has 0 fully saturated rings. The van der Waals surface area contributed by atoms with Crippen molar-refractivity contribution in [2.24, 2.45) is 0 Å². The smallest absolute Gasteiger partial charge is 0.254 e. The van der Waals surface area contributed by atoms with Crippen LogP contribution in [-0.4, -0.2) is 46.3 Å². The molecule has 7 heteroatoms. The van der Waals surface area contributed by atoms with Crippen LogP contribution in [-0.2, 0) is 13.0 Å². The van der Waals surface area contributed by atoms with Crippen LogP contribution in [0.3, 0.4) is 0 Å². The van der Waals surface area contributed by atoms with E-state index >= 15 is 0 Å². The third kappa shape index (κ3) is 4.12. The van der Waals surface area contributed by atoms with Crippen molar-refractivity contribution in [1.82, 2.24) is 19.7 Å². The van der Waals surface area contributed by atoms with E-state index in [0.29, 0.717) is 30.2 Å². The maximum Gasteiger partial charge on any atom is 0.254 e. The first-order valence-electron chi connectivity index (χ1n) is 11.2. The fourth-order valence-electron chi connectivity index (χ4n) is 4.58. The van der Waals surface area contributed by atoms with E-state index in [1.807, 2.05) is 59.5 Å². The number of hydrogen-bond acceptors (Lipinski definition) is 5. The highest BCUT2D eigenvalue weighted by atomic mass is 16.5. The van der Waals surface area contributed by atoms with Gasteiger partial charge in [-0.25, -0.2) is 9.67 Å². The van der Waals surface area contributed by atoms with Crippen molar-refractivity contribution in [3.8, 4) is 11.5 Å². The second-order valence-electron chi connectivity index (χ2n) is 8.26. The van der Waals surface area contributed by atoms with Gasteiger partial charge in [0.15, 0.2) is 11.5 Å². The van der Waals surface area contributed by atoms with E-state index < -0.39 is 0 Å². The quantitative estimate of drug-likeness (QED) is 0.438. The number of amides is 1. The second-order valence-corrected chi connectivity index (χ2v) is 8.26. The molecule has 3 aromatic carbocycles. The minimum absolute atomic E-state index is 0.00148. The van der Waals surface area contributed by atoms with E-state index in [2.05, 4.69) is 22.2 Å². The number of carbonyl (C=O) groups is 1.